The van der Waals surface area contributed by atoms with Gasteiger partial charge in [0.1, 0.15) is 0 Å². The van der Waals surface area contributed by atoms with E-state index in [1.807, 2.05) is 11.3 Å². The van der Waals surface area contributed by atoms with Crippen LogP contribution in [0.4, 0.5) is 0 Å². The Balaban J connectivity index is 0.00000225. The maximum atomic E-state index is 4.89. The van der Waals surface area contributed by atoms with Crippen LogP contribution in [-0.2, 0) is 6.42 Å². The van der Waals surface area contributed by atoms with Crippen LogP contribution in [0.5, 0.6) is 0 Å². The Bertz CT molecular complexity index is 642. The Kier molecular flexibility index (Phi) is 8.22. The molecular weight excluding hydrogens is 441 g/mol. The van der Waals surface area contributed by atoms with Crippen molar-refractivity contribution in [1.29, 1.82) is 0 Å². The number of benzene rings is 1. The van der Waals surface area contributed by atoms with E-state index in [4.69, 9.17) is 4.99 Å². The largest absolute Gasteiger partial charge is 0.357 e. The van der Waals surface area contributed by atoms with Crippen LogP contribution < -0.4 is 5.32 Å². The van der Waals surface area contributed by atoms with Crippen LogP contribution in [0, 0.1) is 5.92 Å². The van der Waals surface area contributed by atoms with Gasteiger partial charge in [0.25, 0.3) is 0 Å². The van der Waals surface area contributed by atoms with E-state index < -0.39 is 0 Å². The molecule has 3 rings (SSSR count). The van der Waals surface area contributed by atoms with Crippen molar-refractivity contribution in [3.05, 3.63) is 58.3 Å². The highest BCUT2D eigenvalue weighted by atomic mass is 127. The number of nitrogens with one attached hydrogen (secondary N) is 1. The molecule has 5 heteroatoms. The Labute approximate surface area is 172 Å². The molecule has 1 fully saturated rings. The van der Waals surface area contributed by atoms with Gasteiger partial charge in [-0.05, 0) is 48.6 Å². The summed E-state index contributed by atoms with van der Waals surface area (Å²) >= 11 is 1.83. The summed E-state index contributed by atoms with van der Waals surface area (Å²) in [5.74, 6) is 2.44. The zero-order chi connectivity index (χ0) is 16.8. The van der Waals surface area contributed by atoms with Gasteiger partial charge in [-0.1, -0.05) is 36.4 Å². The predicted octanol–water partition coefficient (Wildman–Crippen LogP) is 4.61. The second-order valence-corrected chi connectivity index (χ2v) is 7.49. The number of guanidine groups is 1. The van der Waals surface area contributed by atoms with E-state index in [0.717, 1.165) is 32.0 Å². The van der Waals surface area contributed by atoms with Crippen LogP contribution in [-0.4, -0.2) is 37.5 Å². The Morgan fingerprint density at radius 2 is 2.04 bits per heavy atom. The lowest BCUT2D eigenvalue weighted by molar-refractivity contribution is 0.486. The molecule has 2 aromatic rings. The molecular formula is C20H28IN3S. The minimum Gasteiger partial charge on any atom is -0.357 e. The lowest BCUT2D eigenvalue weighted by Crippen LogP contribution is -2.40. The molecule has 0 radical (unpaired) electrons. The summed E-state index contributed by atoms with van der Waals surface area (Å²) in [6.45, 7) is 4.96. The molecule has 0 saturated heterocycles. The lowest BCUT2D eigenvalue weighted by atomic mass is 10.1. The van der Waals surface area contributed by atoms with E-state index in [1.165, 1.54) is 16.9 Å². The first kappa shape index (κ1) is 20.2. The fourth-order valence-corrected chi connectivity index (χ4v) is 3.77. The average molecular weight is 469 g/mol. The third kappa shape index (κ3) is 5.99. The highest BCUT2D eigenvalue weighted by Gasteiger charge is 2.37. The maximum Gasteiger partial charge on any atom is 0.193 e. The minimum absolute atomic E-state index is 0. The molecule has 0 aliphatic heterocycles. The zero-order valence-corrected chi connectivity index (χ0v) is 18.2. The fraction of sp³-hybridized carbons (Fsp3) is 0.450. The maximum absolute atomic E-state index is 4.89. The molecule has 1 aliphatic rings. The van der Waals surface area contributed by atoms with Crippen molar-refractivity contribution in [2.24, 2.45) is 10.9 Å². The van der Waals surface area contributed by atoms with E-state index in [2.05, 4.69) is 72.0 Å². The Hall–Kier alpha value is -1.08. The predicted molar refractivity (Wildman–Crippen MR) is 119 cm³/mol. The van der Waals surface area contributed by atoms with Crippen LogP contribution in [0.1, 0.15) is 29.7 Å². The topological polar surface area (TPSA) is 27.6 Å². The van der Waals surface area contributed by atoms with Crippen molar-refractivity contribution in [3.8, 4) is 0 Å². The molecule has 0 spiro atoms. The van der Waals surface area contributed by atoms with E-state index in [9.17, 15) is 0 Å². The third-order valence-corrected chi connectivity index (χ3v) is 5.53. The van der Waals surface area contributed by atoms with Gasteiger partial charge >= 0.3 is 0 Å². The SMILES string of the molecule is CCNC(=NCC1CC1c1ccccc1)N(C)CCc1cccs1.I. The first-order valence-corrected chi connectivity index (χ1v) is 9.72. The lowest BCUT2D eigenvalue weighted by Gasteiger charge is -2.21. The van der Waals surface area contributed by atoms with Crippen LogP contribution >= 0.6 is 35.3 Å². The van der Waals surface area contributed by atoms with Gasteiger partial charge in [0.15, 0.2) is 5.96 Å². The molecule has 0 amide bonds. The van der Waals surface area contributed by atoms with Gasteiger partial charge in [-0.25, -0.2) is 0 Å². The molecule has 1 aromatic heterocycles. The number of likely N-dealkylation sites (N-methyl/N-ethyl adjacent to an activating group) is 1. The van der Waals surface area contributed by atoms with Gasteiger partial charge in [0.05, 0.1) is 0 Å². The van der Waals surface area contributed by atoms with E-state index in [0.29, 0.717) is 11.8 Å². The first-order chi connectivity index (χ1) is 11.8. The van der Waals surface area contributed by atoms with E-state index >= 15 is 0 Å². The molecule has 25 heavy (non-hydrogen) atoms. The molecule has 0 bridgehead atoms. The number of thiophene rings is 1. The van der Waals surface area contributed by atoms with Gasteiger partial charge in [-0.2, -0.15) is 0 Å². The molecule has 2 unspecified atom stereocenters. The zero-order valence-electron chi connectivity index (χ0n) is 15.0. The number of hydrogen-bond donors (Lipinski definition) is 1. The van der Waals surface area contributed by atoms with Gasteiger partial charge in [0, 0.05) is 31.6 Å². The summed E-state index contributed by atoms with van der Waals surface area (Å²) in [7, 11) is 2.14. The molecule has 1 heterocycles. The van der Waals surface area contributed by atoms with Crippen molar-refractivity contribution >= 4 is 41.3 Å². The summed E-state index contributed by atoms with van der Waals surface area (Å²) in [4.78, 5) is 8.57. The summed E-state index contributed by atoms with van der Waals surface area (Å²) in [6.07, 6.45) is 2.35. The fourth-order valence-electron chi connectivity index (χ4n) is 3.07. The molecule has 2 atom stereocenters. The second-order valence-electron chi connectivity index (χ2n) is 6.46. The van der Waals surface area contributed by atoms with Crippen molar-refractivity contribution in [1.82, 2.24) is 10.2 Å². The number of hydrogen-bond acceptors (Lipinski definition) is 2. The third-order valence-electron chi connectivity index (χ3n) is 4.60. The first-order valence-electron chi connectivity index (χ1n) is 8.84. The number of rotatable bonds is 7. The molecule has 1 aromatic carbocycles. The summed E-state index contributed by atoms with van der Waals surface area (Å²) in [5, 5.41) is 5.57. The van der Waals surface area contributed by atoms with Gasteiger partial charge < -0.3 is 10.2 Å². The van der Waals surface area contributed by atoms with Gasteiger partial charge in [-0.3, -0.25) is 4.99 Å². The number of halogens is 1. The molecule has 1 saturated carbocycles. The van der Waals surface area contributed by atoms with Crippen LogP contribution in [0.15, 0.2) is 52.8 Å². The summed E-state index contributed by atoms with van der Waals surface area (Å²) < 4.78 is 0. The monoisotopic (exact) mass is 469 g/mol. The minimum atomic E-state index is 0. The van der Waals surface area contributed by atoms with Crippen molar-refractivity contribution < 1.29 is 0 Å². The van der Waals surface area contributed by atoms with Crippen molar-refractivity contribution in [3.63, 3.8) is 0 Å². The summed E-state index contributed by atoms with van der Waals surface area (Å²) in [5.41, 5.74) is 1.47. The van der Waals surface area contributed by atoms with Crippen LogP contribution in [0.3, 0.4) is 0 Å². The van der Waals surface area contributed by atoms with Gasteiger partial charge in [-0.15, -0.1) is 35.3 Å². The van der Waals surface area contributed by atoms with Crippen molar-refractivity contribution in [2.75, 3.05) is 26.7 Å². The van der Waals surface area contributed by atoms with Gasteiger partial charge in [0.2, 0.25) is 0 Å². The number of aliphatic imine (C=N–C) groups is 1. The van der Waals surface area contributed by atoms with Crippen LogP contribution in [0.2, 0.25) is 0 Å². The molecule has 3 nitrogen and oxygen atoms in total. The normalized spacial score (nSPS) is 19.2. The Morgan fingerprint density at radius 1 is 1.24 bits per heavy atom. The van der Waals surface area contributed by atoms with E-state index in [1.54, 1.807) is 0 Å². The number of nitrogens with zero attached hydrogens (tertiary/aromatic N) is 2. The standard InChI is InChI=1S/C20H27N3S.HI/c1-3-21-20(23(2)12-11-18-10-7-13-24-18)22-15-17-14-19(17)16-8-5-4-6-9-16;/h4-10,13,17,19H,3,11-12,14-15H2,1-2H3,(H,21,22);1H. The van der Waals surface area contributed by atoms with E-state index in [-0.39, 0.29) is 24.0 Å². The van der Waals surface area contributed by atoms with Crippen LogP contribution in [0.25, 0.3) is 0 Å². The molecule has 1 N–H and O–H groups in total. The van der Waals surface area contributed by atoms with Crippen molar-refractivity contribution in [2.45, 2.75) is 25.7 Å². The average Bonchev–Trinajstić information content (AvgIpc) is 3.20. The Morgan fingerprint density at radius 3 is 2.72 bits per heavy atom. The summed E-state index contributed by atoms with van der Waals surface area (Å²) in [6, 6.07) is 15.2. The highest BCUT2D eigenvalue weighted by Crippen LogP contribution is 2.47. The molecule has 1 aliphatic carbocycles. The quantitative estimate of drug-likeness (QED) is 0.365. The highest BCUT2D eigenvalue weighted by molar-refractivity contribution is 14.0. The molecule has 136 valence electrons. The second kappa shape index (κ2) is 10.2. The smallest absolute Gasteiger partial charge is 0.193 e.